The van der Waals surface area contributed by atoms with Gasteiger partial charge in [0.1, 0.15) is 5.82 Å². The van der Waals surface area contributed by atoms with Crippen LogP contribution in [0.2, 0.25) is 5.02 Å². The van der Waals surface area contributed by atoms with E-state index >= 15 is 0 Å². The van der Waals surface area contributed by atoms with Crippen LogP contribution in [-0.4, -0.2) is 42.1 Å². The molecule has 0 aliphatic carbocycles. The number of aromatic nitrogens is 2. The summed E-state index contributed by atoms with van der Waals surface area (Å²) in [6, 6.07) is 5.51. The van der Waals surface area contributed by atoms with Gasteiger partial charge >= 0.3 is 6.18 Å². The molecule has 146 valence electrons. The van der Waals surface area contributed by atoms with Crippen LogP contribution in [0.15, 0.2) is 30.3 Å². The fraction of sp³-hybridized carbons (Fsp3) is 0.412. The summed E-state index contributed by atoms with van der Waals surface area (Å²) in [6.45, 7) is 0.530. The van der Waals surface area contributed by atoms with Crippen molar-refractivity contribution in [3.8, 4) is 0 Å². The largest absolute Gasteiger partial charge is 0.410 e. The number of amides is 1. The molecule has 2 N–H and O–H groups in total. The smallest absolute Gasteiger partial charge is 0.383 e. The molecule has 2 aromatic rings. The second-order valence-corrected chi connectivity index (χ2v) is 6.59. The lowest BCUT2D eigenvalue weighted by atomic mass is 9.97. The Balaban J connectivity index is 1.88. The van der Waals surface area contributed by atoms with E-state index in [1.54, 1.807) is 24.3 Å². The van der Waals surface area contributed by atoms with Gasteiger partial charge in [-0.1, -0.05) is 23.7 Å². The van der Waals surface area contributed by atoms with Gasteiger partial charge in [0.05, 0.1) is 12.6 Å². The molecule has 1 aromatic carbocycles. The van der Waals surface area contributed by atoms with Crippen LogP contribution >= 0.6 is 11.6 Å². The quantitative estimate of drug-likeness (QED) is 0.750. The number of fused-ring (bicyclic) bond motifs is 1. The number of carbonyl (C=O) groups is 1. The van der Waals surface area contributed by atoms with Crippen molar-refractivity contribution < 1.29 is 22.7 Å². The zero-order valence-electron chi connectivity index (χ0n) is 14.4. The zero-order chi connectivity index (χ0) is 19.6. The molecule has 0 saturated heterocycles. The summed E-state index contributed by atoms with van der Waals surface area (Å²) in [6.07, 6.45) is -4.75. The molecule has 6 nitrogen and oxygen atoms in total. The normalized spacial score (nSPS) is 19.3. The maximum Gasteiger partial charge on any atom is 0.410 e. The molecule has 0 bridgehead atoms. The SMILES string of the molecule is COCCNC(=O)c1cc2n(n1)[C@@H](C(F)(F)F)C[C@H](c1ccc(Cl)cc1)N2. The van der Waals surface area contributed by atoms with Crippen molar-refractivity contribution in [3.63, 3.8) is 0 Å². The summed E-state index contributed by atoms with van der Waals surface area (Å²) in [7, 11) is 1.48. The minimum absolute atomic E-state index is 0.0837. The molecule has 1 aliphatic rings. The topological polar surface area (TPSA) is 68.2 Å². The summed E-state index contributed by atoms with van der Waals surface area (Å²) < 4.78 is 46.5. The van der Waals surface area contributed by atoms with Crippen molar-refractivity contribution in [1.29, 1.82) is 0 Å². The predicted octanol–water partition coefficient (Wildman–Crippen LogP) is 3.57. The van der Waals surface area contributed by atoms with E-state index < -0.39 is 24.2 Å². The van der Waals surface area contributed by atoms with Crippen molar-refractivity contribution >= 4 is 23.3 Å². The van der Waals surface area contributed by atoms with Gasteiger partial charge in [0, 0.05) is 31.2 Å². The Morgan fingerprint density at radius 1 is 1.41 bits per heavy atom. The van der Waals surface area contributed by atoms with Crippen LogP contribution in [0, 0.1) is 0 Å². The van der Waals surface area contributed by atoms with Gasteiger partial charge in [0.2, 0.25) is 0 Å². The summed E-state index contributed by atoms with van der Waals surface area (Å²) in [5, 5.41) is 9.96. The number of benzene rings is 1. The number of ether oxygens (including phenoxy) is 1. The van der Waals surface area contributed by atoms with Gasteiger partial charge in [0.15, 0.2) is 11.7 Å². The third-order valence-corrected chi connectivity index (χ3v) is 4.54. The molecular weight excluding hydrogens is 385 g/mol. The monoisotopic (exact) mass is 402 g/mol. The van der Waals surface area contributed by atoms with E-state index in [1.165, 1.54) is 13.2 Å². The summed E-state index contributed by atoms with van der Waals surface area (Å²) >= 11 is 5.86. The lowest BCUT2D eigenvalue weighted by molar-refractivity contribution is -0.173. The maximum atomic E-state index is 13.6. The first-order valence-corrected chi connectivity index (χ1v) is 8.63. The van der Waals surface area contributed by atoms with E-state index in [2.05, 4.69) is 15.7 Å². The van der Waals surface area contributed by atoms with Gasteiger partial charge in [-0.2, -0.15) is 18.3 Å². The molecule has 2 atom stereocenters. The minimum Gasteiger partial charge on any atom is -0.383 e. The highest BCUT2D eigenvalue weighted by atomic mass is 35.5. The lowest BCUT2D eigenvalue weighted by Gasteiger charge is -2.33. The molecule has 27 heavy (non-hydrogen) atoms. The standard InChI is InChI=1S/C17H18ClF3N4O2/c1-27-7-6-22-16(26)13-9-15-23-12(10-2-4-11(18)5-3-10)8-14(17(19,20)21)25(15)24-13/h2-5,9,12,14,23H,6-8H2,1H3,(H,22,26)/t12-,14-/m1/s1. The van der Waals surface area contributed by atoms with Crippen LogP contribution in [0.25, 0.3) is 0 Å². The van der Waals surface area contributed by atoms with Crippen molar-refractivity contribution in [2.24, 2.45) is 0 Å². The molecular formula is C17H18ClF3N4O2. The molecule has 0 spiro atoms. The molecule has 0 radical (unpaired) electrons. The Kier molecular flexibility index (Phi) is 5.61. The van der Waals surface area contributed by atoms with Crippen molar-refractivity contribution in [3.05, 3.63) is 46.6 Å². The van der Waals surface area contributed by atoms with E-state index in [4.69, 9.17) is 16.3 Å². The number of carbonyl (C=O) groups excluding carboxylic acids is 1. The van der Waals surface area contributed by atoms with E-state index in [0.717, 1.165) is 4.68 Å². The van der Waals surface area contributed by atoms with Crippen LogP contribution in [0.3, 0.4) is 0 Å². The Hall–Kier alpha value is -2.26. The fourth-order valence-electron chi connectivity index (χ4n) is 2.96. The molecule has 1 amide bonds. The fourth-order valence-corrected chi connectivity index (χ4v) is 3.08. The number of hydrogen-bond acceptors (Lipinski definition) is 4. The number of nitrogens with one attached hydrogen (secondary N) is 2. The lowest BCUT2D eigenvalue weighted by Crippen LogP contribution is -2.35. The number of nitrogens with zero attached hydrogens (tertiary/aromatic N) is 2. The van der Waals surface area contributed by atoms with E-state index in [-0.39, 0.29) is 24.5 Å². The first-order chi connectivity index (χ1) is 12.8. The Bertz CT molecular complexity index is 808. The molecule has 2 heterocycles. The Labute approximate surface area is 158 Å². The predicted molar refractivity (Wildman–Crippen MR) is 94.0 cm³/mol. The molecule has 1 aromatic heterocycles. The van der Waals surface area contributed by atoms with Gasteiger partial charge in [-0.3, -0.25) is 4.79 Å². The van der Waals surface area contributed by atoms with Crippen LogP contribution in [0.1, 0.15) is 34.6 Å². The number of anilines is 1. The Morgan fingerprint density at radius 3 is 2.74 bits per heavy atom. The molecule has 10 heteroatoms. The average Bonchev–Trinajstić information content (AvgIpc) is 3.05. The second-order valence-electron chi connectivity index (χ2n) is 6.15. The van der Waals surface area contributed by atoms with Crippen LogP contribution in [-0.2, 0) is 4.74 Å². The maximum absolute atomic E-state index is 13.6. The number of methoxy groups -OCH3 is 1. The van der Waals surface area contributed by atoms with E-state index in [0.29, 0.717) is 17.2 Å². The van der Waals surface area contributed by atoms with Crippen LogP contribution in [0.4, 0.5) is 19.0 Å². The van der Waals surface area contributed by atoms with E-state index in [1.807, 2.05) is 0 Å². The summed E-state index contributed by atoms with van der Waals surface area (Å²) in [5.74, 6) is -0.417. The molecule has 3 rings (SSSR count). The number of alkyl halides is 3. The second kappa shape index (κ2) is 7.77. The Morgan fingerprint density at radius 2 is 2.11 bits per heavy atom. The highest BCUT2D eigenvalue weighted by Crippen LogP contribution is 2.43. The first kappa shape index (κ1) is 19.5. The molecule has 1 aliphatic heterocycles. The van der Waals surface area contributed by atoms with Gasteiger partial charge in [-0.15, -0.1) is 0 Å². The van der Waals surface area contributed by atoms with Gasteiger partial charge in [-0.05, 0) is 17.7 Å². The van der Waals surface area contributed by atoms with Crippen molar-refractivity contribution in [1.82, 2.24) is 15.1 Å². The van der Waals surface area contributed by atoms with Crippen LogP contribution in [0.5, 0.6) is 0 Å². The van der Waals surface area contributed by atoms with Crippen molar-refractivity contribution in [2.75, 3.05) is 25.6 Å². The highest BCUT2D eigenvalue weighted by molar-refractivity contribution is 6.30. The molecule has 0 unspecified atom stereocenters. The number of hydrogen-bond donors (Lipinski definition) is 2. The summed E-state index contributed by atoms with van der Waals surface area (Å²) in [5.41, 5.74) is 0.590. The third-order valence-electron chi connectivity index (χ3n) is 4.29. The number of halogens is 4. The molecule has 0 saturated carbocycles. The van der Waals surface area contributed by atoms with Gasteiger partial charge in [0.25, 0.3) is 5.91 Å². The number of rotatable bonds is 5. The van der Waals surface area contributed by atoms with Crippen molar-refractivity contribution in [2.45, 2.75) is 24.7 Å². The van der Waals surface area contributed by atoms with Crippen LogP contribution < -0.4 is 10.6 Å². The van der Waals surface area contributed by atoms with E-state index in [9.17, 15) is 18.0 Å². The minimum atomic E-state index is -4.50. The molecule has 0 fully saturated rings. The van der Waals surface area contributed by atoms with Gasteiger partial charge in [-0.25, -0.2) is 4.68 Å². The van der Waals surface area contributed by atoms with Gasteiger partial charge < -0.3 is 15.4 Å². The zero-order valence-corrected chi connectivity index (χ0v) is 15.1. The average molecular weight is 403 g/mol. The third kappa shape index (κ3) is 4.36. The first-order valence-electron chi connectivity index (χ1n) is 8.25. The highest BCUT2D eigenvalue weighted by Gasteiger charge is 2.46. The summed E-state index contributed by atoms with van der Waals surface area (Å²) in [4.78, 5) is 12.1.